The summed E-state index contributed by atoms with van der Waals surface area (Å²) in [5.74, 6) is 0. The Bertz CT molecular complexity index is 379. The summed E-state index contributed by atoms with van der Waals surface area (Å²) in [5.41, 5.74) is 6.21. The van der Waals surface area contributed by atoms with Gasteiger partial charge in [0.2, 0.25) is 0 Å². The first-order valence-corrected chi connectivity index (χ1v) is 4.29. The molecule has 1 heterocycles. The maximum absolute atomic E-state index is 4.18. The first-order chi connectivity index (χ1) is 6.42. The minimum Gasteiger partial charge on any atom is -0.354 e. The fourth-order valence-corrected chi connectivity index (χ4v) is 1.36. The molecule has 0 atom stereocenters. The van der Waals surface area contributed by atoms with Crippen LogP contribution in [0.1, 0.15) is 5.56 Å². The Balaban J connectivity index is 2.51. The van der Waals surface area contributed by atoms with Gasteiger partial charge in [0.25, 0.3) is 0 Å². The molecule has 66 valence electrons. The monoisotopic (exact) mass is 174 g/mol. The minimum atomic E-state index is 0.788. The molecule has 0 fully saturated rings. The lowest BCUT2D eigenvalue weighted by Crippen LogP contribution is -2.47. The van der Waals surface area contributed by atoms with Gasteiger partial charge in [0.05, 0.1) is 5.69 Å². The first-order valence-electron chi connectivity index (χ1n) is 4.29. The lowest BCUT2D eigenvalue weighted by Gasteiger charge is -2.04. The van der Waals surface area contributed by atoms with Crippen LogP contribution in [0.2, 0.25) is 0 Å². The van der Waals surface area contributed by atoms with Gasteiger partial charge in [-0.3, -0.25) is 0 Å². The smallest absolute Gasteiger partial charge is 0.102 e. The van der Waals surface area contributed by atoms with E-state index in [1.807, 2.05) is 35.1 Å². The third kappa shape index (κ3) is 1.46. The fourth-order valence-electron chi connectivity index (χ4n) is 1.36. The highest BCUT2D eigenvalue weighted by Crippen LogP contribution is 2.11. The van der Waals surface area contributed by atoms with Crippen molar-refractivity contribution in [3.05, 3.63) is 48.3 Å². The third-order valence-corrected chi connectivity index (χ3v) is 2.01. The molecule has 0 spiro atoms. The Morgan fingerprint density at radius 1 is 1.23 bits per heavy atom. The molecule has 0 aliphatic heterocycles. The fraction of sp³-hybridized carbons (Fsp3) is 0.100. The summed E-state index contributed by atoms with van der Waals surface area (Å²) in [6.45, 7) is 0.788. The molecule has 1 aromatic heterocycles. The van der Waals surface area contributed by atoms with Crippen molar-refractivity contribution in [1.82, 2.24) is 9.78 Å². The van der Waals surface area contributed by atoms with Gasteiger partial charge in [0.1, 0.15) is 6.54 Å². The maximum Gasteiger partial charge on any atom is 0.102 e. The van der Waals surface area contributed by atoms with E-state index in [1.54, 1.807) is 6.20 Å². The van der Waals surface area contributed by atoms with Gasteiger partial charge >= 0.3 is 0 Å². The van der Waals surface area contributed by atoms with Gasteiger partial charge in [0.15, 0.2) is 0 Å². The second kappa shape index (κ2) is 3.41. The summed E-state index contributed by atoms with van der Waals surface area (Å²) < 4.78 is 1.86. The van der Waals surface area contributed by atoms with Crippen LogP contribution < -0.4 is 5.73 Å². The summed E-state index contributed by atoms with van der Waals surface area (Å²) in [5, 5.41) is 4.18. The van der Waals surface area contributed by atoms with Crippen molar-refractivity contribution < 1.29 is 5.73 Å². The van der Waals surface area contributed by atoms with Gasteiger partial charge in [-0.15, -0.1) is 0 Å². The van der Waals surface area contributed by atoms with Gasteiger partial charge in [-0.2, -0.15) is 5.10 Å². The molecule has 3 nitrogen and oxygen atoms in total. The SMILES string of the molecule is [NH3+]Cc1ccccc1-n1cccn1. The molecule has 0 saturated carbocycles. The van der Waals surface area contributed by atoms with Crippen molar-refractivity contribution in [3.8, 4) is 5.69 Å². The van der Waals surface area contributed by atoms with E-state index in [-0.39, 0.29) is 0 Å². The molecular weight excluding hydrogens is 162 g/mol. The average Bonchev–Trinajstić information content (AvgIpc) is 2.70. The highest BCUT2D eigenvalue weighted by atomic mass is 15.3. The number of rotatable bonds is 2. The molecule has 13 heavy (non-hydrogen) atoms. The number of hydrogen-bond acceptors (Lipinski definition) is 1. The Morgan fingerprint density at radius 3 is 2.77 bits per heavy atom. The molecule has 1 aromatic carbocycles. The van der Waals surface area contributed by atoms with Crippen molar-refractivity contribution >= 4 is 0 Å². The summed E-state index contributed by atoms with van der Waals surface area (Å²) in [7, 11) is 0. The molecule has 2 aromatic rings. The van der Waals surface area contributed by atoms with E-state index >= 15 is 0 Å². The number of quaternary nitrogens is 1. The normalized spacial score (nSPS) is 10.2. The lowest BCUT2D eigenvalue weighted by molar-refractivity contribution is -0.386. The van der Waals surface area contributed by atoms with E-state index in [9.17, 15) is 0 Å². The number of hydrogen-bond donors (Lipinski definition) is 1. The van der Waals surface area contributed by atoms with Gasteiger partial charge in [-0.1, -0.05) is 18.2 Å². The zero-order valence-corrected chi connectivity index (χ0v) is 7.35. The molecule has 3 N–H and O–H groups in total. The average molecular weight is 174 g/mol. The molecule has 0 unspecified atom stereocenters. The third-order valence-electron chi connectivity index (χ3n) is 2.01. The maximum atomic E-state index is 4.18. The van der Waals surface area contributed by atoms with Crippen LogP contribution in [0.5, 0.6) is 0 Å². The molecule has 3 heteroatoms. The van der Waals surface area contributed by atoms with Crippen LogP contribution in [-0.4, -0.2) is 9.78 Å². The van der Waals surface area contributed by atoms with E-state index in [0.29, 0.717) is 0 Å². The number of aromatic nitrogens is 2. The van der Waals surface area contributed by atoms with Gasteiger partial charge in [-0.25, -0.2) is 4.68 Å². The predicted molar refractivity (Wildman–Crippen MR) is 50.2 cm³/mol. The Morgan fingerprint density at radius 2 is 2.08 bits per heavy atom. The van der Waals surface area contributed by atoms with E-state index in [1.165, 1.54) is 5.56 Å². The zero-order chi connectivity index (χ0) is 9.10. The standard InChI is InChI=1S/C10H11N3/c11-8-9-4-1-2-5-10(9)13-7-3-6-12-13/h1-7H,8,11H2/p+1. The van der Waals surface area contributed by atoms with Crippen LogP contribution >= 0.6 is 0 Å². The highest BCUT2D eigenvalue weighted by Gasteiger charge is 2.02. The van der Waals surface area contributed by atoms with Crippen LogP contribution in [0.25, 0.3) is 5.69 Å². The summed E-state index contributed by atoms with van der Waals surface area (Å²) in [4.78, 5) is 0. The molecule has 0 saturated heterocycles. The number of para-hydroxylation sites is 1. The zero-order valence-electron chi connectivity index (χ0n) is 7.35. The van der Waals surface area contributed by atoms with Crippen LogP contribution in [0.3, 0.4) is 0 Å². The summed E-state index contributed by atoms with van der Waals surface area (Å²) in [6, 6.07) is 10.1. The quantitative estimate of drug-likeness (QED) is 0.712. The molecule has 2 rings (SSSR count). The topological polar surface area (TPSA) is 45.5 Å². The van der Waals surface area contributed by atoms with Gasteiger partial charge in [-0.05, 0) is 12.1 Å². The van der Waals surface area contributed by atoms with Crippen LogP contribution in [0, 0.1) is 0 Å². The molecule has 0 amide bonds. The van der Waals surface area contributed by atoms with Crippen LogP contribution in [-0.2, 0) is 6.54 Å². The molecule has 0 radical (unpaired) electrons. The molecule has 0 aliphatic carbocycles. The number of benzene rings is 1. The van der Waals surface area contributed by atoms with E-state index in [4.69, 9.17) is 0 Å². The van der Waals surface area contributed by atoms with Crippen molar-refractivity contribution in [2.24, 2.45) is 0 Å². The Kier molecular flexibility index (Phi) is 2.10. The van der Waals surface area contributed by atoms with Crippen molar-refractivity contribution in [2.75, 3.05) is 0 Å². The van der Waals surface area contributed by atoms with Crippen molar-refractivity contribution in [2.45, 2.75) is 6.54 Å². The van der Waals surface area contributed by atoms with Crippen LogP contribution in [0.4, 0.5) is 0 Å². The van der Waals surface area contributed by atoms with E-state index < -0.39 is 0 Å². The second-order valence-electron chi connectivity index (χ2n) is 2.83. The minimum absolute atomic E-state index is 0.788. The van der Waals surface area contributed by atoms with E-state index in [2.05, 4.69) is 16.9 Å². The summed E-state index contributed by atoms with van der Waals surface area (Å²) >= 11 is 0. The molecule has 0 bridgehead atoms. The largest absolute Gasteiger partial charge is 0.354 e. The highest BCUT2D eigenvalue weighted by molar-refractivity contribution is 5.39. The summed E-state index contributed by atoms with van der Waals surface area (Å²) in [6.07, 6.45) is 3.72. The van der Waals surface area contributed by atoms with Crippen LogP contribution in [0.15, 0.2) is 42.7 Å². The van der Waals surface area contributed by atoms with Gasteiger partial charge < -0.3 is 5.73 Å². The predicted octanol–water partition coefficient (Wildman–Crippen LogP) is 0.614. The second-order valence-corrected chi connectivity index (χ2v) is 2.83. The number of nitrogens with zero attached hydrogens (tertiary/aromatic N) is 2. The van der Waals surface area contributed by atoms with E-state index in [0.717, 1.165) is 12.2 Å². The van der Waals surface area contributed by atoms with Crippen molar-refractivity contribution in [3.63, 3.8) is 0 Å². The lowest BCUT2D eigenvalue weighted by atomic mass is 10.2. The Hall–Kier alpha value is -1.61. The van der Waals surface area contributed by atoms with Gasteiger partial charge in [0, 0.05) is 18.0 Å². The first kappa shape index (κ1) is 8.01. The van der Waals surface area contributed by atoms with Crippen molar-refractivity contribution in [1.29, 1.82) is 0 Å². The Labute approximate surface area is 76.8 Å². The molecule has 0 aliphatic rings. The molecular formula is C10H12N3+.